The van der Waals surface area contributed by atoms with Gasteiger partial charge in [0.05, 0.1) is 13.2 Å². The van der Waals surface area contributed by atoms with Gasteiger partial charge in [-0.2, -0.15) is 0 Å². The molecule has 1 unspecified atom stereocenters. The van der Waals surface area contributed by atoms with Crippen molar-refractivity contribution < 1.29 is 9.53 Å². The van der Waals surface area contributed by atoms with Crippen LogP contribution in [-0.4, -0.2) is 19.2 Å². The quantitative estimate of drug-likeness (QED) is 0.633. The molecule has 0 spiro atoms. The Balaban J connectivity index is 2.37. The van der Waals surface area contributed by atoms with Crippen LogP contribution in [0.5, 0.6) is 0 Å². The summed E-state index contributed by atoms with van der Waals surface area (Å²) in [7, 11) is 1.39. The number of nitrogens with one attached hydrogen (secondary N) is 1. The van der Waals surface area contributed by atoms with Crippen molar-refractivity contribution in [1.82, 2.24) is 5.32 Å². The lowest BCUT2D eigenvalue weighted by Gasteiger charge is -2.15. The molecule has 74 valence electrons. The lowest BCUT2D eigenvalue weighted by atomic mass is 10.0. The average Bonchev–Trinajstić information content (AvgIpc) is 2.09. The Kier molecular flexibility index (Phi) is 4.36. The molecular weight excluding hydrogens is 166 g/mol. The predicted molar refractivity (Wildman–Crippen MR) is 51.6 cm³/mol. The molecule has 0 aromatic heterocycles. The number of carbonyl (C=O) groups is 1. The van der Waals surface area contributed by atoms with Crippen LogP contribution in [0, 0.1) is 0 Å². The highest BCUT2D eigenvalue weighted by molar-refractivity contribution is 5.67. The molecule has 0 aliphatic heterocycles. The first-order valence-electron chi connectivity index (χ1n) is 4.84. The van der Waals surface area contributed by atoms with E-state index in [1.54, 1.807) is 0 Å². The molecule has 0 fully saturated rings. The molecule has 1 aliphatic rings. The summed E-state index contributed by atoms with van der Waals surface area (Å²) in [5, 5.41) is 2.79. The lowest BCUT2D eigenvalue weighted by Crippen LogP contribution is -2.33. The van der Waals surface area contributed by atoms with Gasteiger partial charge in [0.1, 0.15) is 0 Å². The summed E-state index contributed by atoms with van der Waals surface area (Å²) in [6.07, 6.45) is 9.71. The zero-order chi connectivity index (χ0) is 9.52. The zero-order valence-electron chi connectivity index (χ0n) is 8.08. The maximum absolute atomic E-state index is 10.9. The summed E-state index contributed by atoms with van der Waals surface area (Å²) < 4.78 is 4.54. The van der Waals surface area contributed by atoms with Crippen molar-refractivity contribution in [2.45, 2.75) is 38.1 Å². The summed E-state index contributed by atoms with van der Waals surface area (Å²) in [5.41, 5.74) is 0. The monoisotopic (exact) mass is 183 g/mol. The van der Waals surface area contributed by atoms with E-state index in [0.29, 0.717) is 0 Å². The molecule has 13 heavy (non-hydrogen) atoms. The normalized spacial score (nSPS) is 25.5. The molecule has 1 N–H and O–H groups in total. The second-order valence-electron chi connectivity index (χ2n) is 3.31. The molecule has 1 aliphatic carbocycles. The van der Waals surface area contributed by atoms with Crippen LogP contribution in [0.1, 0.15) is 32.1 Å². The van der Waals surface area contributed by atoms with Gasteiger partial charge in [0, 0.05) is 0 Å². The van der Waals surface area contributed by atoms with Gasteiger partial charge in [-0.25, -0.2) is 4.79 Å². The van der Waals surface area contributed by atoms with E-state index in [2.05, 4.69) is 22.2 Å². The smallest absolute Gasteiger partial charge is 0.407 e. The van der Waals surface area contributed by atoms with Crippen molar-refractivity contribution in [2.75, 3.05) is 7.11 Å². The van der Waals surface area contributed by atoms with E-state index in [4.69, 9.17) is 0 Å². The highest BCUT2D eigenvalue weighted by Gasteiger charge is 2.09. The third kappa shape index (κ3) is 3.97. The number of hydrogen-bond acceptors (Lipinski definition) is 2. The van der Waals surface area contributed by atoms with Crippen LogP contribution in [0.4, 0.5) is 4.79 Å². The third-order valence-electron chi connectivity index (χ3n) is 2.24. The predicted octanol–water partition coefficient (Wildman–Crippen LogP) is 2.23. The van der Waals surface area contributed by atoms with Crippen LogP contribution in [0.15, 0.2) is 12.2 Å². The van der Waals surface area contributed by atoms with Crippen LogP contribution in [0.25, 0.3) is 0 Å². The van der Waals surface area contributed by atoms with Crippen molar-refractivity contribution in [1.29, 1.82) is 0 Å². The van der Waals surface area contributed by atoms with Crippen LogP contribution in [0.2, 0.25) is 0 Å². The number of hydrogen-bond donors (Lipinski definition) is 1. The molecule has 3 heteroatoms. The van der Waals surface area contributed by atoms with Gasteiger partial charge in [-0.05, 0) is 19.3 Å². The van der Waals surface area contributed by atoms with Gasteiger partial charge in [-0.15, -0.1) is 0 Å². The maximum Gasteiger partial charge on any atom is 0.407 e. The Labute approximate surface area is 79.2 Å². The van der Waals surface area contributed by atoms with Gasteiger partial charge in [0.25, 0.3) is 0 Å². The minimum atomic E-state index is -0.338. The number of methoxy groups -OCH3 is 1. The second-order valence-corrected chi connectivity index (χ2v) is 3.31. The summed E-state index contributed by atoms with van der Waals surface area (Å²) >= 11 is 0. The number of ether oxygens (including phenoxy) is 1. The first-order valence-corrected chi connectivity index (χ1v) is 4.84. The van der Waals surface area contributed by atoms with Crippen molar-refractivity contribution in [2.24, 2.45) is 0 Å². The summed E-state index contributed by atoms with van der Waals surface area (Å²) in [6.45, 7) is 0. The fourth-order valence-corrected chi connectivity index (χ4v) is 1.49. The summed E-state index contributed by atoms with van der Waals surface area (Å²) in [6, 6.07) is 0.160. The lowest BCUT2D eigenvalue weighted by molar-refractivity contribution is 0.168. The molecule has 0 heterocycles. The molecule has 0 saturated heterocycles. The largest absolute Gasteiger partial charge is 0.453 e. The Morgan fingerprint density at radius 3 is 3.08 bits per heavy atom. The van der Waals surface area contributed by atoms with Crippen molar-refractivity contribution >= 4 is 6.09 Å². The average molecular weight is 183 g/mol. The van der Waals surface area contributed by atoms with Gasteiger partial charge >= 0.3 is 6.09 Å². The highest BCUT2D eigenvalue weighted by Crippen LogP contribution is 2.11. The first kappa shape index (κ1) is 10.1. The van der Waals surface area contributed by atoms with E-state index in [9.17, 15) is 4.79 Å². The third-order valence-corrected chi connectivity index (χ3v) is 2.24. The van der Waals surface area contributed by atoms with Gasteiger partial charge in [0.2, 0.25) is 0 Å². The number of amides is 1. The molecule has 0 radical (unpaired) electrons. The molecule has 0 aromatic rings. The van der Waals surface area contributed by atoms with Gasteiger partial charge in [-0.3, -0.25) is 0 Å². The molecule has 1 amide bonds. The molecule has 3 nitrogen and oxygen atoms in total. The minimum absolute atomic E-state index is 0.160. The van der Waals surface area contributed by atoms with E-state index in [0.717, 1.165) is 12.8 Å². The number of carbonyl (C=O) groups excluding carboxylic acids is 1. The molecule has 1 rings (SSSR count). The van der Waals surface area contributed by atoms with Crippen LogP contribution in [-0.2, 0) is 4.74 Å². The van der Waals surface area contributed by atoms with E-state index in [-0.39, 0.29) is 12.1 Å². The van der Waals surface area contributed by atoms with Crippen LogP contribution >= 0.6 is 0 Å². The fraction of sp³-hybridized carbons (Fsp3) is 0.700. The van der Waals surface area contributed by atoms with E-state index >= 15 is 0 Å². The zero-order valence-corrected chi connectivity index (χ0v) is 8.08. The fourth-order valence-electron chi connectivity index (χ4n) is 1.49. The van der Waals surface area contributed by atoms with Gasteiger partial charge in [0.15, 0.2) is 0 Å². The minimum Gasteiger partial charge on any atom is -0.453 e. The van der Waals surface area contributed by atoms with Crippen LogP contribution < -0.4 is 5.32 Å². The van der Waals surface area contributed by atoms with E-state index in [1.807, 2.05) is 0 Å². The summed E-state index contributed by atoms with van der Waals surface area (Å²) in [5.74, 6) is 0. The Bertz CT molecular complexity index is 189. The SMILES string of the molecule is COC(=O)NC1/C=C\CCCCC1. The molecule has 1 atom stereocenters. The van der Waals surface area contributed by atoms with Crippen molar-refractivity contribution in [3.8, 4) is 0 Å². The second kappa shape index (κ2) is 5.62. The maximum atomic E-state index is 10.9. The Morgan fingerprint density at radius 1 is 1.46 bits per heavy atom. The summed E-state index contributed by atoms with van der Waals surface area (Å²) in [4.78, 5) is 10.9. The van der Waals surface area contributed by atoms with Gasteiger partial charge in [-0.1, -0.05) is 25.0 Å². The van der Waals surface area contributed by atoms with Crippen molar-refractivity contribution in [3.05, 3.63) is 12.2 Å². The van der Waals surface area contributed by atoms with Crippen molar-refractivity contribution in [3.63, 3.8) is 0 Å². The van der Waals surface area contributed by atoms with E-state index < -0.39 is 0 Å². The number of alkyl carbamates (subject to hydrolysis) is 1. The van der Waals surface area contributed by atoms with Crippen LogP contribution in [0.3, 0.4) is 0 Å². The Hall–Kier alpha value is -0.990. The first-order chi connectivity index (χ1) is 6.33. The number of rotatable bonds is 1. The topological polar surface area (TPSA) is 38.3 Å². The molecule has 0 bridgehead atoms. The van der Waals surface area contributed by atoms with Gasteiger partial charge < -0.3 is 10.1 Å². The standard InChI is InChI=1S/C10H17NO2/c1-13-10(12)11-9-7-5-3-2-4-6-8-9/h5,7,9H,2-4,6,8H2,1H3,(H,11,12)/b7-5-. The molecule has 0 aromatic carbocycles. The van der Waals surface area contributed by atoms with E-state index in [1.165, 1.54) is 26.4 Å². The molecular formula is C10H17NO2. The highest BCUT2D eigenvalue weighted by atomic mass is 16.5. The molecule has 0 saturated carbocycles. The number of allylic oxidation sites excluding steroid dienone is 1. The Morgan fingerprint density at radius 2 is 2.31 bits per heavy atom.